The predicted octanol–water partition coefficient (Wildman–Crippen LogP) is 3.82. The van der Waals surface area contributed by atoms with Gasteiger partial charge in [0.15, 0.2) is 17.1 Å². The van der Waals surface area contributed by atoms with Gasteiger partial charge in [-0.1, -0.05) is 12.1 Å². The number of aliphatic hydroxyl groups is 1. The van der Waals surface area contributed by atoms with Crippen LogP contribution >= 0.6 is 0 Å². The first-order valence-electron chi connectivity index (χ1n) is 11.1. The smallest absolute Gasteiger partial charge is 0.194 e. The molecule has 1 saturated carbocycles. The monoisotopic (exact) mass is 440 g/mol. The van der Waals surface area contributed by atoms with Crippen molar-refractivity contribution in [1.29, 1.82) is 0 Å². The molecule has 0 radical (unpaired) electrons. The van der Waals surface area contributed by atoms with Gasteiger partial charge in [0.2, 0.25) is 0 Å². The number of nitrogens with zero attached hydrogens (tertiary/aromatic N) is 5. The molecular formula is C24H24N8O. The van der Waals surface area contributed by atoms with Crippen molar-refractivity contribution in [2.24, 2.45) is 0 Å². The van der Waals surface area contributed by atoms with Gasteiger partial charge in [-0.15, -0.1) is 0 Å². The second-order valence-corrected chi connectivity index (χ2v) is 8.46. The van der Waals surface area contributed by atoms with Crippen LogP contribution in [-0.2, 0) is 6.54 Å². The molecule has 1 fully saturated rings. The van der Waals surface area contributed by atoms with Crippen LogP contribution in [0.4, 0.5) is 17.3 Å². The van der Waals surface area contributed by atoms with Gasteiger partial charge < -0.3 is 15.7 Å². The Kier molecular flexibility index (Phi) is 4.88. The van der Waals surface area contributed by atoms with E-state index in [1.165, 1.54) is 0 Å². The highest BCUT2D eigenvalue weighted by Gasteiger charge is 2.24. The molecule has 5 aromatic rings. The highest BCUT2D eigenvalue weighted by Crippen LogP contribution is 2.25. The molecule has 4 heterocycles. The number of hydrogen-bond donors (Lipinski definition) is 4. The van der Waals surface area contributed by atoms with E-state index in [1.54, 1.807) is 18.6 Å². The molecule has 1 aliphatic carbocycles. The largest absolute Gasteiger partial charge is 0.391 e. The number of fused-ring (bicyclic) bond motifs is 2. The standard InChI is InChI=1S/C24H24N8O/c33-20-5-1-4-19(20)28-17-8-10-26-21(12-17)29-22-13-27-23-24(30-22)32(31-23)14-15-6-7-18-16(11-15)3-2-9-25-18/h2-3,6-13,19-20,33H,1,4-5,14H2,(H,27,31)(H2,26,28,29,30). The van der Waals surface area contributed by atoms with Gasteiger partial charge in [-0.2, -0.15) is 0 Å². The van der Waals surface area contributed by atoms with E-state index in [0.717, 1.165) is 52.7 Å². The fourth-order valence-electron chi connectivity index (χ4n) is 4.40. The van der Waals surface area contributed by atoms with Crippen molar-refractivity contribution in [3.05, 3.63) is 66.6 Å². The summed E-state index contributed by atoms with van der Waals surface area (Å²) in [7, 11) is 0. The van der Waals surface area contributed by atoms with Crippen LogP contribution in [0, 0.1) is 0 Å². The van der Waals surface area contributed by atoms with Crippen LogP contribution in [0.3, 0.4) is 0 Å². The van der Waals surface area contributed by atoms with E-state index in [1.807, 2.05) is 28.9 Å². The summed E-state index contributed by atoms with van der Waals surface area (Å²) in [4.78, 5) is 17.9. The SMILES string of the molecule is OC1CCCC1Nc1ccnc(Nc2cnc3[nH]n(Cc4ccc5ncccc5c4)c3n2)c1. The molecule has 6 rings (SSSR count). The zero-order valence-corrected chi connectivity index (χ0v) is 17.9. The van der Waals surface area contributed by atoms with Crippen LogP contribution in [0.1, 0.15) is 24.8 Å². The summed E-state index contributed by atoms with van der Waals surface area (Å²) in [6.07, 6.45) is 7.79. The second kappa shape index (κ2) is 8.18. The molecule has 2 atom stereocenters. The highest BCUT2D eigenvalue weighted by atomic mass is 16.3. The van der Waals surface area contributed by atoms with E-state index >= 15 is 0 Å². The number of benzene rings is 1. The minimum atomic E-state index is -0.300. The maximum atomic E-state index is 10.1. The van der Waals surface area contributed by atoms with Crippen LogP contribution in [0.25, 0.3) is 22.2 Å². The lowest BCUT2D eigenvalue weighted by molar-refractivity contribution is 0.172. The maximum Gasteiger partial charge on any atom is 0.194 e. The molecular weight excluding hydrogens is 416 g/mol. The highest BCUT2D eigenvalue weighted by molar-refractivity contribution is 5.79. The summed E-state index contributed by atoms with van der Waals surface area (Å²) in [6.45, 7) is 0.664. The Labute approximate surface area is 189 Å². The predicted molar refractivity (Wildman–Crippen MR) is 128 cm³/mol. The van der Waals surface area contributed by atoms with Gasteiger partial charge in [-0.25, -0.2) is 15.0 Å². The minimum absolute atomic E-state index is 0.0852. The molecule has 2 unspecified atom stereocenters. The number of H-pyrrole nitrogens is 1. The van der Waals surface area contributed by atoms with Crippen molar-refractivity contribution in [1.82, 2.24) is 29.7 Å². The first-order valence-corrected chi connectivity index (χ1v) is 11.1. The Balaban J connectivity index is 1.19. The van der Waals surface area contributed by atoms with Gasteiger partial charge in [0.05, 0.1) is 30.4 Å². The first kappa shape index (κ1) is 19.7. The van der Waals surface area contributed by atoms with Gasteiger partial charge >= 0.3 is 0 Å². The number of hydrogen-bond acceptors (Lipinski definition) is 7. The summed E-state index contributed by atoms with van der Waals surface area (Å²) in [5, 5.41) is 21.1. The Hall–Kier alpha value is -3.98. The van der Waals surface area contributed by atoms with Crippen LogP contribution in [0.2, 0.25) is 0 Å². The number of anilines is 3. The van der Waals surface area contributed by atoms with Crippen LogP contribution in [0.5, 0.6) is 0 Å². The zero-order chi connectivity index (χ0) is 22.2. The van der Waals surface area contributed by atoms with Gasteiger partial charge in [-0.05, 0) is 49.1 Å². The Bertz CT molecular complexity index is 1420. The van der Waals surface area contributed by atoms with Crippen molar-refractivity contribution in [2.45, 2.75) is 38.0 Å². The Morgan fingerprint density at radius 1 is 1.03 bits per heavy atom. The zero-order valence-electron chi connectivity index (χ0n) is 17.9. The third-order valence-electron chi connectivity index (χ3n) is 6.11. The van der Waals surface area contributed by atoms with Crippen LogP contribution < -0.4 is 10.6 Å². The quantitative estimate of drug-likeness (QED) is 0.317. The van der Waals surface area contributed by atoms with E-state index in [4.69, 9.17) is 4.98 Å². The molecule has 0 spiro atoms. The van der Waals surface area contributed by atoms with E-state index in [9.17, 15) is 5.11 Å². The van der Waals surface area contributed by atoms with Gasteiger partial charge in [-0.3, -0.25) is 14.8 Å². The molecule has 4 aromatic heterocycles. The van der Waals surface area contributed by atoms with Crippen LogP contribution in [-0.4, -0.2) is 47.0 Å². The van der Waals surface area contributed by atoms with Gasteiger partial charge in [0, 0.05) is 29.5 Å². The molecule has 0 aliphatic heterocycles. The molecule has 0 saturated heterocycles. The second-order valence-electron chi connectivity index (χ2n) is 8.46. The average molecular weight is 441 g/mol. The van der Waals surface area contributed by atoms with E-state index < -0.39 is 0 Å². The summed E-state index contributed by atoms with van der Waals surface area (Å²) in [6, 6.07) is 14.2. The number of aromatic amines is 1. The van der Waals surface area contributed by atoms with E-state index in [0.29, 0.717) is 18.2 Å². The first-order chi connectivity index (χ1) is 16.2. The van der Waals surface area contributed by atoms with E-state index in [-0.39, 0.29) is 12.1 Å². The number of aromatic nitrogens is 6. The summed E-state index contributed by atoms with van der Waals surface area (Å²) < 4.78 is 1.97. The minimum Gasteiger partial charge on any atom is -0.391 e. The maximum absolute atomic E-state index is 10.1. The number of rotatable bonds is 6. The molecule has 1 aliphatic rings. The fraction of sp³-hybridized carbons (Fsp3) is 0.250. The third-order valence-corrected chi connectivity index (χ3v) is 6.11. The third kappa shape index (κ3) is 3.98. The summed E-state index contributed by atoms with van der Waals surface area (Å²) in [5.41, 5.74) is 4.60. The molecule has 33 heavy (non-hydrogen) atoms. The van der Waals surface area contributed by atoms with Crippen molar-refractivity contribution in [3.63, 3.8) is 0 Å². The van der Waals surface area contributed by atoms with Crippen molar-refractivity contribution >= 4 is 39.5 Å². The molecule has 166 valence electrons. The normalized spacial score (nSPS) is 18.2. The molecule has 0 bridgehead atoms. The van der Waals surface area contributed by atoms with E-state index in [2.05, 4.69) is 48.9 Å². The van der Waals surface area contributed by atoms with Crippen molar-refractivity contribution in [3.8, 4) is 0 Å². The Morgan fingerprint density at radius 3 is 2.91 bits per heavy atom. The molecule has 9 heteroatoms. The molecule has 0 amide bonds. The lowest BCUT2D eigenvalue weighted by Crippen LogP contribution is -2.27. The molecule has 9 nitrogen and oxygen atoms in total. The molecule has 1 aromatic carbocycles. The van der Waals surface area contributed by atoms with Crippen LogP contribution in [0.15, 0.2) is 61.1 Å². The Morgan fingerprint density at radius 2 is 2.00 bits per heavy atom. The average Bonchev–Trinajstić information content (AvgIpc) is 3.23. The number of aliphatic hydroxyl groups excluding tert-OH is 1. The van der Waals surface area contributed by atoms with Gasteiger partial charge in [0.25, 0.3) is 0 Å². The summed E-state index contributed by atoms with van der Waals surface area (Å²) >= 11 is 0. The lowest BCUT2D eigenvalue weighted by atomic mass is 10.1. The number of nitrogens with one attached hydrogen (secondary N) is 3. The fourth-order valence-corrected chi connectivity index (χ4v) is 4.40. The molecule has 4 N–H and O–H groups in total. The summed E-state index contributed by atoms with van der Waals surface area (Å²) in [5.74, 6) is 1.29. The lowest BCUT2D eigenvalue weighted by Gasteiger charge is -2.18. The van der Waals surface area contributed by atoms with Crippen molar-refractivity contribution < 1.29 is 5.11 Å². The van der Waals surface area contributed by atoms with Gasteiger partial charge in [0.1, 0.15) is 5.82 Å². The topological polar surface area (TPSA) is 117 Å². The van der Waals surface area contributed by atoms with Crippen molar-refractivity contribution in [2.75, 3.05) is 10.6 Å². The number of pyridine rings is 2.